The summed E-state index contributed by atoms with van der Waals surface area (Å²) in [6.45, 7) is 5.70. The smallest absolute Gasteiger partial charge is 0.312 e. The van der Waals surface area contributed by atoms with Gasteiger partial charge in [-0.1, -0.05) is 27.2 Å². The predicted molar refractivity (Wildman–Crippen MR) is 70.4 cm³/mol. The van der Waals surface area contributed by atoms with E-state index < -0.39 is 18.0 Å². The molecule has 19 heavy (non-hydrogen) atoms. The first kappa shape index (κ1) is 17.2. The number of hydrogen-bond acceptors (Lipinski definition) is 3. The number of urea groups is 1. The molecule has 5 N–H and O–H groups in total. The molecule has 0 radical (unpaired) electrons. The van der Waals surface area contributed by atoms with Crippen LogP contribution >= 0.6 is 0 Å². The lowest BCUT2D eigenvalue weighted by molar-refractivity contribution is -0.138. The monoisotopic (exact) mass is 273 g/mol. The van der Waals surface area contributed by atoms with Gasteiger partial charge in [0.15, 0.2) is 0 Å². The average Bonchev–Trinajstić information content (AvgIpc) is 2.29. The molecular weight excluding hydrogens is 250 g/mol. The van der Waals surface area contributed by atoms with Crippen LogP contribution in [0.25, 0.3) is 0 Å². The van der Waals surface area contributed by atoms with Crippen molar-refractivity contribution in [3.8, 4) is 0 Å². The van der Waals surface area contributed by atoms with Gasteiger partial charge in [-0.05, 0) is 11.8 Å². The van der Waals surface area contributed by atoms with Crippen molar-refractivity contribution < 1.29 is 19.5 Å². The van der Waals surface area contributed by atoms with Gasteiger partial charge in [-0.25, -0.2) is 4.79 Å². The Morgan fingerprint density at radius 1 is 1.26 bits per heavy atom. The van der Waals surface area contributed by atoms with Crippen molar-refractivity contribution in [2.45, 2.75) is 39.7 Å². The molecule has 0 saturated carbocycles. The van der Waals surface area contributed by atoms with Gasteiger partial charge in [0.05, 0.1) is 0 Å². The van der Waals surface area contributed by atoms with Crippen molar-refractivity contribution >= 4 is 17.9 Å². The van der Waals surface area contributed by atoms with E-state index in [1.54, 1.807) is 13.8 Å². The summed E-state index contributed by atoms with van der Waals surface area (Å²) in [7, 11) is 0. The summed E-state index contributed by atoms with van der Waals surface area (Å²) in [6.07, 6.45) is 0.661. The highest BCUT2D eigenvalue weighted by atomic mass is 16.4. The third-order valence-electron chi connectivity index (χ3n) is 2.85. The van der Waals surface area contributed by atoms with Gasteiger partial charge in [-0.2, -0.15) is 0 Å². The quantitative estimate of drug-likeness (QED) is 0.508. The molecule has 0 aromatic rings. The van der Waals surface area contributed by atoms with E-state index in [0.717, 1.165) is 0 Å². The van der Waals surface area contributed by atoms with Gasteiger partial charge in [0.1, 0.15) is 6.04 Å². The molecule has 0 aliphatic rings. The van der Waals surface area contributed by atoms with Crippen molar-refractivity contribution in [1.82, 2.24) is 10.6 Å². The minimum atomic E-state index is -0.892. The highest BCUT2D eigenvalue weighted by Crippen LogP contribution is 2.07. The third-order valence-corrected chi connectivity index (χ3v) is 2.85. The molecule has 3 amide bonds. The van der Waals surface area contributed by atoms with E-state index in [1.165, 1.54) is 0 Å². The number of carbonyl (C=O) groups is 3. The number of aliphatic carboxylic acids is 1. The number of nitrogens with one attached hydrogen (secondary N) is 2. The number of carboxylic acid groups (broad SMARTS) is 1. The van der Waals surface area contributed by atoms with Crippen molar-refractivity contribution in [2.24, 2.45) is 17.6 Å². The molecule has 7 heteroatoms. The summed E-state index contributed by atoms with van der Waals surface area (Å²) < 4.78 is 0. The van der Waals surface area contributed by atoms with E-state index in [1.807, 2.05) is 6.92 Å². The Kier molecular flexibility index (Phi) is 7.55. The van der Waals surface area contributed by atoms with Crippen LogP contribution in [0.3, 0.4) is 0 Å². The van der Waals surface area contributed by atoms with Crippen LogP contribution < -0.4 is 16.4 Å². The van der Waals surface area contributed by atoms with Crippen LogP contribution in [0.1, 0.15) is 33.6 Å². The van der Waals surface area contributed by atoms with Gasteiger partial charge in [0.2, 0.25) is 5.91 Å². The highest BCUT2D eigenvalue weighted by molar-refractivity contribution is 5.86. The fraction of sp³-hybridized carbons (Fsp3) is 0.750. The molecule has 7 nitrogen and oxygen atoms in total. The second kappa shape index (κ2) is 8.34. The summed E-state index contributed by atoms with van der Waals surface area (Å²) >= 11 is 0. The van der Waals surface area contributed by atoms with Gasteiger partial charge >= 0.3 is 12.0 Å². The first-order valence-corrected chi connectivity index (χ1v) is 6.33. The number of carbonyl (C=O) groups excluding carboxylic acids is 2. The molecule has 2 unspecified atom stereocenters. The van der Waals surface area contributed by atoms with Gasteiger partial charge in [-0.15, -0.1) is 0 Å². The second-order valence-corrected chi connectivity index (χ2v) is 4.85. The Morgan fingerprint density at radius 3 is 2.21 bits per heavy atom. The number of hydrogen-bond donors (Lipinski definition) is 4. The summed E-state index contributed by atoms with van der Waals surface area (Å²) in [5.41, 5.74) is 5.01. The van der Waals surface area contributed by atoms with Crippen LogP contribution in [-0.4, -0.2) is 35.6 Å². The predicted octanol–water partition coefficient (Wildman–Crippen LogP) is 0.296. The van der Waals surface area contributed by atoms with E-state index in [-0.39, 0.29) is 30.7 Å². The number of amides is 3. The molecule has 0 aromatic carbocycles. The van der Waals surface area contributed by atoms with Crippen LogP contribution in [0.2, 0.25) is 0 Å². The first-order valence-electron chi connectivity index (χ1n) is 6.33. The minimum Gasteiger partial charge on any atom is -0.481 e. The highest BCUT2D eigenvalue weighted by Gasteiger charge is 2.24. The standard InChI is InChI=1S/C12H23N3O4/c1-4-8(5-9(16)17)6-14-11(18)10(7(2)3)15-12(13)19/h7-8,10H,4-6H2,1-3H3,(H,14,18)(H,16,17)(H3,13,15,19). The topological polar surface area (TPSA) is 122 Å². The zero-order valence-electron chi connectivity index (χ0n) is 11.6. The van der Waals surface area contributed by atoms with Crippen molar-refractivity contribution in [3.05, 3.63) is 0 Å². The minimum absolute atomic E-state index is 0.00632. The van der Waals surface area contributed by atoms with Crippen LogP contribution in [-0.2, 0) is 9.59 Å². The maximum atomic E-state index is 11.9. The lowest BCUT2D eigenvalue weighted by atomic mass is 10.0. The second-order valence-electron chi connectivity index (χ2n) is 4.85. The average molecular weight is 273 g/mol. The summed E-state index contributed by atoms with van der Waals surface area (Å²) in [4.78, 5) is 33.3. The summed E-state index contributed by atoms with van der Waals surface area (Å²) in [5.74, 6) is -1.47. The molecule has 0 rings (SSSR count). The Morgan fingerprint density at radius 2 is 1.84 bits per heavy atom. The SMILES string of the molecule is CCC(CNC(=O)C(NC(N)=O)C(C)C)CC(=O)O. The number of nitrogens with two attached hydrogens (primary N) is 1. The molecule has 0 aliphatic heterocycles. The molecule has 0 heterocycles. The Labute approximate surface area is 112 Å². The van der Waals surface area contributed by atoms with E-state index in [9.17, 15) is 14.4 Å². The Balaban J connectivity index is 4.39. The van der Waals surface area contributed by atoms with Crippen molar-refractivity contribution in [1.29, 1.82) is 0 Å². The summed E-state index contributed by atoms with van der Waals surface area (Å²) in [6, 6.07) is -1.47. The van der Waals surface area contributed by atoms with E-state index in [2.05, 4.69) is 10.6 Å². The van der Waals surface area contributed by atoms with Crippen LogP contribution in [0.5, 0.6) is 0 Å². The van der Waals surface area contributed by atoms with Crippen molar-refractivity contribution in [2.75, 3.05) is 6.54 Å². The molecule has 0 fully saturated rings. The molecule has 2 atom stereocenters. The van der Waals surface area contributed by atoms with Gasteiger partial charge < -0.3 is 21.5 Å². The fourth-order valence-electron chi connectivity index (χ4n) is 1.65. The lowest BCUT2D eigenvalue weighted by Gasteiger charge is -2.22. The van der Waals surface area contributed by atoms with Gasteiger partial charge in [0.25, 0.3) is 0 Å². The molecule has 0 aliphatic carbocycles. The van der Waals surface area contributed by atoms with Crippen LogP contribution in [0.4, 0.5) is 4.79 Å². The maximum absolute atomic E-state index is 11.9. The lowest BCUT2D eigenvalue weighted by Crippen LogP contribution is -2.52. The molecule has 0 aromatic heterocycles. The van der Waals surface area contributed by atoms with Gasteiger partial charge in [-0.3, -0.25) is 9.59 Å². The Hall–Kier alpha value is -1.79. The molecule has 0 bridgehead atoms. The van der Waals surface area contributed by atoms with Crippen molar-refractivity contribution in [3.63, 3.8) is 0 Å². The largest absolute Gasteiger partial charge is 0.481 e. The third kappa shape index (κ3) is 7.28. The molecule has 110 valence electrons. The maximum Gasteiger partial charge on any atom is 0.312 e. The zero-order valence-corrected chi connectivity index (χ0v) is 11.6. The number of carboxylic acids is 1. The Bertz CT molecular complexity index is 331. The zero-order chi connectivity index (χ0) is 15.0. The van der Waals surface area contributed by atoms with Crippen LogP contribution in [0.15, 0.2) is 0 Å². The van der Waals surface area contributed by atoms with E-state index in [0.29, 0.717) is 6.42 Å². The summed E-state index contributed by atoms with van der Waals surface area (Å²) in [5, 5.41) is 13.7. The van der Waals surface area contributed by atoms with Crippen LogP contribution in [0, 0.1) is 11.8 Å². The molecule has 0 saturated heterocycles. The molecular formula is C12H23N3O4. The first-order chi connectivity index (χ1) is 8.77. The van der Waals surface area contributed by atoms with Gasteiger partial charge in [0, 0.05) is 13.0 Å². The number of rotatable bonds is 8. The molecule has 0 spiro atoms. The van der Waals surface area contributed by atoms with E-state index >= 15 is 0 Å². The number of primary amides is 1. The normalized spacial score (nSPS) is 13.7. The fourth-order valence-corrected chi connectivity index (χ4v) is 1.65. The van der Waals surface area contributed by atoms with E-state index in [4.69, 9.17) is 10.8 Å².